The summed E-state index contributed by atoms with van der Waals surface area (Å²) in [5.41, 5.74) is 0.794. The van der Waals surface area contributed by atoms with Crippen molar-refractivity contribution in [3.05, 3.63) is 29.8 Å². The van der Waals surface area contributed by atoms with Gasteiger partial charge in [0.15, 0.2) is 0 Å². The third kappa shape index (κ3) is 4.44. The van der Waals surface area contributed by atoms with E-state index >= 15 is 0 Å². The number of carbonyl (C=O) groups is 1. The SMILES string of the molecule is CCCS(=O)(=O)Nc1ccccc1CC(=O)O. The van der Waals surface area contributed by atoms with Crippen LogP contribution in [0.5, 0.6) is 0 Å². The molecule has 1 aromatic carbocycles. The highest BCUT2D eigenvalue weighted by Crippen LogP contribution is 2.17. The topological polar surface area (TPSA) is 83.5 Å². The second-order valence-electron chi connectivity index (χ2n) is 3.65. The van der Waals surface area contributed by atoms with E-state index in [2.05, 4.69) is 4.72 Å². The molecule has 6 heteroatoms. The van der Waals surface area contributed by atoms with Gasteiger partial charge in [-0.05, 0) is 18.1 Å². The van der Waals surface area contributed by atoms with E-state index in [4.69, 9.17) is 5.11 Å². The lowest BCUT2D eigenvalue weighted by Gasteiger charge is -2.10. The van der Waals surface area contributed by atoms with Crippen LogP contribution in [0, 0.1) is 0 Å². The molecular weight excluding hydrogens is 242 g/mol. The van der Waals surface area contributed by atoms with Gasteiger partial charge in [-0.2, -0.15) is 0 Å². The maximum absolute atomic E-state index is 11.6. The minimum atomic E-state index is -3.39. The fourth-order valence-corrected chi connectivity index (χ4v) is 2.60. The van der Waals surface area contributed by atoms with Crippen LogP contribution in [0.1, 0.15) is 18.9 Å². The number of para-hydroxylation sites is 1. The number of carboxylic acids is 1. The Hall–Kier alpha value is -1.56. The number of rotatable bonds is 6. The first-order valence-corrected chi connectivity index (χ1v) is 6.90. The van der Waals surface area contributed by atoms with Crippen molar-refractivity contribution in [1.82, 2.24) is 0 Å². The first-order valence-electron chi connectivity index (χ1n) is 5.25. The lowest BCUT2D eigenvalue weighted by atomic mass is 10.1. The molecule has 0 atom stereocenters. The summed E-state index contributed by atoms with van der Waals surface area (Å²) in [5, 5.41) is 8.72. The Morgan fingerprint density at radius 1 is 1.35 bits per heavy atom. The van der Waals surface area contributed by atoms with Crippen LogP contribution >= 0.6 is 0 Å². The number of benzene rings is 1. The molecule has 0 aliphatic rings. The minimum absolute atomic E-state index is 0.0222. The molecule has 0 fully saturated rings. The van der Waals surface area contributed by atoms with Crippen molar-refractivity contribution in [3.63, 3.8) is 0 Å². The van der Waals surface area contributed by atoms with E-state index in [1.165, 1.54) is 0 Å². The zero-order valence-corrected chi connectivity index (χ0v) is 10.3. The number of nitrogens with one attached hydrogen (secondary N) is 1. The van der Waals surface area contributed by atoms with E-state index in [0.29, 0.717) is 17.7 Å². The quantitative estimate of drug-likeness (QED) is 0.808. The normalized spacial score (nSPS) is 11.1. The second kappa shape index (κ2) is 5.67. The molecule has 0 unspecified atom stereocenters. The Bertz CT molecular complexity index is 496. The van der Waals surface area contributed by atoms with Gasteiger partial charge in [0, 0.05) is 0 Å². The van der Waals surface area contributed by atoms with Crippen molar-refractivity contribution < 1.29 is 18.3 Å². The minimum Gasteiger partial charge on any atom is -0.481 e. The Labute approximate surface area is 101 Å². The number of hydrogen-bond donors (Lipinski definition) is 2. The van der Waals surface area contributed by atoms with Crippen molar-refractivity contribution in [3.8, 4) is 0 Å². The summed E-state index contributed by atoms with van der Waals surface area (Å²) in [6.07, 6.45) is 0.307. The fourth-order valence-electron chi connectivity index (χ4n) is 1.42. The third-order valence-electron chi connectivity index (χ3n) is 2.10. The van der Waals surface area contributed by atoms with Gasteiger partial charge in [-0.15, -0.1) is 0 Å². The number of aliphatic carboxylic acids is 1. The summed E-state index contributed by atoms with van der Waals surface area (Å²) in [7, 11) is -3.39. The molecule has 0 heterocycles. The van der Waals surface area contributed by atoms with Crippen LogP contribution in [0.3, 0.4) is 0 Å². The highest BCUT2D eigenvalue weighted by atomic mass is 32.2. The molecule has 1 rings (SSSR count). The fraction of sp³-hybridized carbons (Fsp3) is 0.364. The maximum atomic E-state index is 11.6. The smallest absolute Gasteiger partial charge is 0.307 e. The first-order chi connectivity index (χ1) is 7.94. The molecule has 0 aliphatic carbocycles. The standard InChI is InChI=1S/C11H15NO4S/c1-2-7-17(15,16)12-10-6-4-3-5-9(10)8-11(13)14/h3-6,12H,2,7-8H2,1H3,(H,13,14). The van der Waals surface area contributed by atoms with E-state index < -0.39 is 16.0 Å². The highest BCUT2D eigenvalue weighted by Gasteiger charge is 2.12. The largest absolute Gasteiger partial charge is 0.481 e. The second-order valence-corrected chi connectivity index (χ2v) is 5.49. The third-order valence-corrected chi connectivity index (χ3v) is 3.57. The molecule has 5 nitrogen and oxygen atoms in total. The molecule has 0 saturated heterocycles. The molecule has 0 bridgehead atoms. The van der Waals surface area contributed by atoms with Crippen LogP contribution in [0.2, 0.25) is 0 Å². The number of sulfonamides is 1. The highest BCUT2D eigenvalue weighted by molar-refractivity contribution is 7.92. The van der Waals surface area contributed by atoms with Gasteiger partial charge in [0.25, 0.3) is 0 Å². The van der Waals surface area contributed by atoms with Gasteiger partial charge in [-0.1, -0.05) is 25.1 Å². The van der Waals surface area contributed by atoms with Crippen LogP contribution in [-0.2, 0) is 21.2 Å². The zero-order chi connectivity index (χ0) is 12.9. The molecule has 0 aromatic heterocycles. The van der Waals surface area contributed by atoms with Gasteiger partial charge in [-0.25, -0.2) is 8.42 Å². The molecular formula is C11H15NO4S. The van der Waals surface area contributed by atoms with Crippen LogP contribution < -0.4 is 4.72 Å². The lowest BCUT2D eigenvalue weighted by Crippen LogP contribution is -2.17. The summed E-state index contributed by atoms with van der Waals surface area (Å²) in [5.74, 6) is -0.971. The summed E-state index contributed by atoms with van der Waals surface area (Å²) in [6.45, 7) is 1.77. The Balaban J connectivity index is 2.94. The first kappa shape index (κ1) is 13.5. The predicted molar refractivity (Wildman–Crippen MR) is 65.5 cm³/mol. The van der Waals surface area contributed by atoms with Gasteiger partial charge >= 0.3 is 5.97 Å². The predicted octanol–water partition coefficient (Wildman–Crippen LogP) is 1.47. The number of hydrogen-bond acceptors (Lipinski definition) is 3. The monoisotopic (exact) mass is 257 g/mol. The van der Waals surface area contributed by atoms with E-state index in [1.54, 1.807) is 31.2 Å². The van der Waals surface area contributed by atoms with Crippen LogP contribution in [0.15, 0.2) is 24.3 Å². The number of carboxylic acid groups (broad SMARTS) is 1. The van der Waals surface area contributed by atoms with Gasteiger partial charge in [-0.3, -0.25) is 9.52 Å². The summed E-state index contributed by atoms with van der Waals surface area (Å²) in [6, 6.07) is 6.49. The molecule has 94 valence electrons. The molecule has 0 aliphatic heterocycles. The zero-order valence-electron chi connectivity index (χ0n) is 9.51. The van der Waals surface area contributed by atoms with Gasteiger partial charge in [0.1, 0.15) is 0 Å². The van der Waals surface area contributed by atoms with Gasteiger partial charge in [0.05, 0.1) is 17.9 Å². The van der Waals surface area contributed by atoms with Gasteiger partial charge < -0.3 is 5.11 Å². The molecule has 0 amide bonds. The molecule has 17 heavy (non-hydrogen) atoms. The molecule has 0 radical (unpaired) electrons. The van der Waals surface area contributed by atoms with E-state index in [1.807, 2.05) is 0 Å². The van der Waals surface area contributed by atoms with Crippen molar-refractivity contribution in [1.29, 1.82) is 0 Å². The van der Waals surface area contributed by atoms with E-state index in [9.17, 15) is 13.2 Å². The average molecular weight is 257 g/mol. The molecule has 2 N–H and O–H groups in total. The summed E-state index contributed by atoms with van der Waals surface area (Å²) < 4.78 is 25.6. The Morgan fingerprint density at radius 2 is 2.00 bits per heavy atom. The van der Waals surface area contributed by atoms with E-state index in [-0.39, 0.29) is 12.2 Å². The Morgan fingerprint density at radius 3 is 2.59 bits per heavy atom. The van der Waals surface area contributed by atoms with Crippen molar-refractivity contribution >= 4 is 21.7 Å². The van der Waals surface area contributed by atoms with Crippen LogP contribution in [-0.4, -0.2) is 25.2 Å². The lowest BCUT2D eigenvalue weighted by molar-refractivity contribution is -0.136. The molecule has 0 spiro atoms. The molecule has 0 saturated carbocycles. The number of anilines is 1. The van der Waals surface area contributed by atoms with Crippen molar-refractivity contribution in [2.45, 2.75) is 19.8 Å². The maximum Gasteiger partial charge on any atom is 0.307 e. The van der Waals surface area contributed by atoms with Gasteiger partial charge in [0.2, 0.25) is 10.0 Å². The summed E-state index contributed by atoms with van der Waals surface area (Å²) >= 11 is 0. The van der Waals surface area contributed by atoms with Crippen LogP contribution in [0.25, 0.3) is 0 Å². The molecule has 1 aromatic rings. The Kier molecular flexibility index (Phi) is 4.51. The van der Waals surface area contributed by atoms with Crippen molar-refractivity contribution in [2.75, 3.05) is 10.5 Å². The average Bonchev–Trinajstić information content (AvgIpc) is 2.19. The van der Waals surface area contributed by atoms with Crippen molar-refractivity contribution in [2.24, 2.45) is 0 Å². The van der Waals surface area contributed by atoms with E-state index in [0.717, 1.165) is 0 Å². The van der Waals surface area contributed by atoms with Crippen LogP contribution in [0.4, 0.5) is 5.69 Å². The summed E-state index contributed by atoms with van der Waals surface area (Å²) in [4.78, 5) is 10.6.